The van der Waals surface area contributed by atoms with Crippen LogP contribution >= 0.6 is 0 Å². The Morgan fingerprint density at radius 2 is 2.00 bits per heavy atom. The number of hydroxylamine groups is 1. The zero-order valence-electron chi connectivity index (χ0n) is 5.67. The first kappa shape index (κ1) is 8.18. The number of hydrogen-bond acceptors (Lipinski definition) is 2. The van der Waals surface area contributed by atoms with E-state index in [-0.39, 0.29) is 17.1 Å². The second-order valence-corrected chi connectivity index (χ2v) is 2.09. The summed E-state index contributed by atoms with van der Waals surface area (Å²) in [6.07, 6.45) is 3.74. The van der Waals surface area contributed by atoms with Gasteiger partial charge in [-0.15, -0.1) is 0 Å². The van der Waals surface area contributed by atoms with Gasteiger partial charge in [0.15, 0.2) is 5.75 Å². The summed E-state index contributed by atoms with van der Waals surface area (Å²) >= 11 is 0. The van der Waals surface area contributed by atoms with Crippen LogP contribution < -0.4 is 10.3 Å². The van der Waals surface area contributed by atoms with Crippen LogP contribution in [-0.4, -0.2) is 0 Å². The molecule has 2 nitrogen and oxygen atoms in total. The Morgan fingerprint density at radius 1 is 1.18 bits per heavy atom. The van der Waals surface area contributed by atoms with Crippen LogP contribution in [0.1, 0.15) is 5.56 Å². The average molecular weight is 197 g/mol. The minimum absolute atomic E-state index is 0. The van der Waals surface area contributed by atoms with Gasteiger partial charge in [0.2, 0.25) is 0 Å². The number of hydrogen-bond donors (Lipinski definition) is 1. The fourth-order valence-electron chi connectivity index (χ4n) is 0.932. The number of rotatable bonds is 0. The van der Waals surface area contributed by atoms with Crippen LogP contribution in [0.2, 0.25) is 0 Å². The fraction of sp³-hybridized carbons (Fsp3) is 0. The van der Waals surface area contributed by atoms with Gasteiger partial charge in [-0.1, -0.05) is 18.2 Å². The molecule has 0 aromatic heterocycles. The first-order valence-electron chi connectivity index (χ1n) is 3.15. The van der Waals surface area contributed by atoms with Crippen molar-refractivity contribution in [3.63, 3.8) is 0 Å². The number of nitrogens with one attached hydrogen (secondary N) is 1. The molecule has 0 saturated heterocycles. The fourth-order valence-corrected chi connectivity index (χ4v) is 0.932. The van der Waals surface area contributed by atoms with E-state index < -0.39 is 0 Å². The molecule has 0 fully saturated rings. The zero-order valence-corrected chi connectivity index (χ0v) is 6.62. The second-order valence-electron chi connectivity index (χ2n) is 2.09. The zero-order chi connectivity index (χ0) is 6.81. The van der Waals surface area contributed by atoms with E-state index in [2.05, 4.69) is 5.48 Å². The maximum atomic E-state index is 5.09. The van der Waals surface area contributed by atoms with Crippen molar-refractivity contribution in [3.05, 3.63) is 36.0 Å². The Kier molecular flexibility index (Phi) is 2.58. The molecule has 1 heterocycles. The van der Waals surface area contributed by atoms with Gasteiger partial charge in [-0.05, 0) is 12.1 Å². The molecule has 0 bridgehead atoms. The van der Waals surface area contributed by atoms with Gasteiger partial charge >= 0.3 is 0 Å². The van der Waals surface area contributed by atoms with Crippen molar-refractivity contribution in [2.45, 2.75) is 0 Å². The summed E-state index contributed by atoms with van der Waals surface area (Å²) in [7, 11) is 0. The maximum Gasteiger partial charge on any atom is 0.162 e. The monoisotopic (exact) mass is 196 g/mol. The van der Waals surface area contributed by atoms with E-state index in [4.69, 9.17) is 4.84 Å². The van der Waals surface area contributed by atoms with E-state index in [9.17, 15) is 0 Å². The molecule has 2 rings (SSSR count). The van der Waals surface area contributed by atoms with E-state index in [1.165, 1.54) is 0 Å². The Balaban J connectivity index is 0.000000605. The van der Waals surface area contributed by atoms with Gasteiger partial charge < -0.3 is 4.84 Å². The summed E-state index contributed by atoms with van der Waals surface area (Å²) in [5.74, 6) is 0.880. The van der Waals surface area contributed by atoms with Gasteiger partial charge in [0.25, 0.3) is 0 Å². The van der Waals surface area contributed by atoms with Gasteiger partial charge in [0, 0.05) is 28.8 Å². The Labute approximate surface area is 75.7 Å². The number of para-hydroxylation sites is 1. The van der Waals surface area contributed by atoms with Crippen LogP contribution in [0.5, 0.6) is 5.75 Å². The standard InChI is InChI=1S/C8H7NO.Cu/c1-2-4-8-7(3-1)5-6-9-10-8;/h1-6,9H;. The topological polar surface area (TPSA) is 21.3 Å². The SMILES string of the molecule is C1=Cc2ccccc2ON1.[Cu]. The Hall–Kier alpha value is -0.921. The van der Waals surface area contributed by atoms with Crippen LogP contribution in [-0.2, 0) is 17.1 Å². The predicted octanol–water partition coefficient (Wildman–Crippen LogP) is 1.55. The van der Waals surface area contributed by atoms with Crippen LogP contribution in [0, 0.1) is 0 Å². The molecule has 0 saturated carbocycles. The van der Waals surface area contributed by atoms with Crippen LogP contribution in [0.4, 0.5) is 0 Å². The molecule has 0 atom stereocenters. The largest absolute Gasteiger partial charge is 0.382 e. The summed E-state index contributed by atoms with van der Waals surface area (Å²) in [5.41, 5.74) is 3.77. The third-order valence-electron chi connectivity index (χ3n) is 1.42. The molecule has 0 unspecified atom stereocenters. The molecule has 1 aromatic rings. The summed E-state index contributed by atoms with van der Waals surface area (Å²) in [6.45, 7) is 0. The van der Waals surface area contributed by atoms with Crippen molar-refractivity contribution in [3.8, 4) is 5.75 Å². The maximum absolute atomic E-state index is 5.09. The first-order chi connectivity index (χ1) is 4.97. The van der Waals surface area contributed by atoms with Gasteiger partial charge in [-0.3, -0.25) is 0 Å². The number of benzene rings is 1. The van der Waals surface area contributed by atoms with E-state index in [1.807, 2.05) is 30.3 Å². The van der Waals surface area contributed by atoms with Crippen LogP contribution in [0.25, 0.3) is 6.08 Å². The summed E-state index contributed by atoms with van der Waals surface area (Å²) in [4.78, 5) is 5.09. The summed E-state index contributed by atoms with van der Waals surface area (Å²) < 4.78 is 0. The molecule has 1 aromatic carbocycles. The third-order valence-corrected chi connectivity index (χ3v) is 1.42. The van der Waals surface area contributed by atoms with Gasteiger partial charge in [0.1, 0.15) is 0 Å². The molecular weight excluding hydrogens is 190 g/mol. The summed E-state index contributed by atoms with van der Waals surface area (Å²) in [6, 6.07) is 7.86. The predicted molar refractivity (Wildman–Crippen MR) is 39.2 cm³/mol. The number of fused-ring (bicyclic) bond motifs is 1. The molecule has 1 radical (unpaired) electrons. The van der Waals surface area contributed by atoms with Gasteiger partial charge in [0.05, 0.1) is 0 Å². The molecule has 0 aliphatic carbocycles. The molecule has 0 amide bonds. The van der Waals surface area contributed by atoms with Gasteiger partial charge in [-0.25, -0.2) is 5.48 Å². The molecule has 61 valence electrons. The van der Waals surface area contributed by atoms with E-state index in [1.54, 1.807) is 6.20 Å². The van der Waals surface area contributed by atoms with E-state index in [0.29, 0.717) is 0 Å². The van der Waals surface area contributed by atoms with Crippen LogP contribution in [0.15, 0.2) is 30.5 Å². The molecule has 0 spiro atoms. The van der Waals surface area contributed by atoms with Crippen molar-refractivity contribution in [1.29, 1.82) is 0 Å². The smallest absolute Gasteiger partial charge is 0.162 e. The van der Waals surface area contributed by atoms with Crippen molar-refractivity contribution in [1.82, 2.24) is 5.48 Å². The molecule has 1 N–H and O–H groups in total. The average Bonchev–Trinajstić information content (AvgIpc) is 2.05. The second kappa shape index (κ2) is 3.46. The molecule has 11 heavy (non-hydrogen) atoms. The molecule has 3 heteroatoms. The minimum Gasteiger partial charge on any atom is -0.382 e. The Bertz CT molecular complexity index is 273. The summed E-state index contributed by atoms with van der Waals surface area (Å²) in [5, 5.41) is 0. The molecular formula is C8H7CuNO. The quantitative estimate of drug-likeness (QED) is 0.636. The normalized spacial score (nSPS) is 12.0. The molecule has 1 aliphatic heterocycles. The van der Waals surface area contributed by atoms with Crippen molar-refractivity contribution < 1.29 is 21.9 Å². The van der Waals surface area contributed by atoms with E-state index in [0.717, 1.165) is 11.3 Å². The van der Waals surface area contributed by atoms with Crippen LogP contribution in [0.3, 0.4) is 0 Å². The van der Waals surface area contributed by atoms with Gasteiger partial charge in [-0.2, -0.15) is 0 Å². The Morgan fingerprint density at radius 3 is 2.82 bits per heavy atom. The molecule has 1 aliphatic rings. The van der Waals surface area contributed by atoms with Crippen molar-refractivity contribution in [2.75, 3.05) is 0 Å². The van der Waals surface area contributed by atoms with Crippen molar-refractivity contribution >= 4 is 6.08 Å². The third kappa shape index (κ3) is 1.56. The van der Waals surface area contributed by atoms with E-state index >= 15 is 0 Å². The first-order valence-corrected chi connectivity index (χ1v) is 3.15. The van der Waals surface area contributed by atoms with Crippen molar-refractivity contribution in [2.24, 2.45) is 0 Å². The minimum atomic E-state index is 0.